The number of benzene rings is 1. The van der Waals surface area contributed by atoms with Crippen LogP contribution >= 0.6 is 11.6 Å². The lowest BCUT2D eigenvalue weighted by atomic mass is 10.2. The van der Waals surface area contributed by atoms with E-state index in [1.54, 1.807) is 12.1 Å². The molecule has 0 radical (unpaired) electrons. The lowest BCUT2D eigenvalue weighted by Gasteiger charge is -2.19. The minimum Gasteiger partial charge on any atom is -0.390 e. The van der Waals surface area contributed by atoms with Crippen molar-refractivity contribution in [2.75, 3.05) is 31.5 Å². The number of rotatable bonds is 5. The van der Waals surface area contributed by atoms with Crippen LogP contribution in [0.4, 0.5) is 10.5 Å². The molecule has 116 valence electrons. The molecule has 0 aliphatic carbocycles. The van der Waals surface area contributed by atoms with E-state index in [4.69, 9.17) is 11.6 Å². The second kappa shape index (κ2) is 7.64. The second-order valence-electron chi connectivity index (χ2n) is 5.46. The van der Waals surface area contributed by atoms with Gasteiger partial charge in [0.25, 0.3) is 0 Å². The number of urea groups is 1. The van der Waals surface area contributed by atoms with Gasteiger partial charge in [-0.05, 0) is 50.6 Å². The zero-order valence-electron chi connectivity index (χ0n) is 12.2. The van der Waals surface area contributed by atoms with Crippen LogP contribution in [0, 0.1) is 6.92 Å². The van der Waals surface area contributed by atoms with Gasteiger partial charge >= 0.3 is 6.03 Å². The van der Waals surface area contributed by atoms with Crippen LogP contribution in [0.25, 0.3) is 0 Å². The Morgan fingerprint density at radius 2 is 2.14 bits per heavy atom. The van der Waals surface area contributed by atoms with Crippen molar-refractivity contribution in [3.05, 3.63) is 28.8 Å². The summed E-state index contributed by atoms with van der Waals surface area (Å²) in [6, 6.07) is 5.01. The van der Waals surface area contributed by atoms with Crippen molar-refractivity contribution in [2.24, 2.45) is 0 Å². The molecule has 21 heavy (non-hydrogen) atoms. The van der Waals surface area contributed by atoms with Crippen molar-refractivity contribution in [3.63, 3.8) is 0 Å². The van der Waals surface area contributed by atoms with Crippen LogP contribution in [0.5, 0.6) is 0 Å². The van der Waals surface area contributed by atoms with Gasteiger partial charge in [-0.3, -0.25) is 0 Å². The molecule has 1 aliphatic heterocycles. The highest BCUT2D eigenvalue weighted by atomic mass is 35.5. The predicted molar refractivity (Wildman–Crippen MR) is 84.9 cm³/mol. The fourth-order valence-electron chi connectivity index (χ4n) is 2.38. The van der Waals surface area contributed by atoms with Crippen LogP contribution in [-0.2, 0) is 0 Å². The molecule has 1 aliphatic rings. The minimum absolute atomic E-state index is 0.238. The van der Waals surface area contributed by atoms with Crippen molar-refractivity contribution < 1.29 is 9.90 Å². The van der Waals surface area contributed by atoms with Gasteiger partial charge in [-0.1, -0.05) is 17.7 Å². The molecule has 2 amide bonds. The predicted octanol–water partition coefficient (Wildman–Crippen LogP) is 2.23. The summed E-state index contributed by atoms with van der Waals surface area (Å²) < 4.78 is 0. The Kier molecular flexibility index (Phi) is 5.85. The Balaban J connectivity index is 1.72. The maximum absolute atomic E-state index is 11.8. The van der Waals surface area contributed by atoms with Gasteiger partial charge in [0.15, 0.2) is 0 Å². The molecule has 0 aromatic heterocycles. The van der Waals surface area contributed by atoms with E-state index in [1.165, 1.54) is 12.8 Å². The smallest absolute Gasteiger partial charge is 0.319 e. The lowest BCUT2D eigenvalue weighted by Crippen LogP contribution is -2.40. The summed E-state index contributed by atoms with van der Waals surface area (Å²) in [7, 11) is 0. The van der Waals surface area contributed by atoms with Crippen LogP contribution in [0.3, 0.4) is 0 Å². The Hall–Kier alpha value is -1.30. The molecule has 1 atom stereocenters. The van der Waals surface area contributed by atoms with Gasteiger partial charge in [-0.15, -0.1) is 0 Å². The molecule has 3 N–H and O–H groups in total. The zero-order chi connectivity index (χ0) is 15.2. The number of anilines is 1. The SMILES string of the molecule is Cc1ccc(NC(=O)NCC(O)CN2CCCC2)cc1Cl. The van der Waals surface area contributed by atoms with Gasteiger partial charge < -0.3 is 20.6 Å². The van der Waals surface area contributed by atoms with Gasteiger partial charge in [-0.2, -0.15) is 0 Å². The van der Waals surface area contributed by atoms with E-state index in [2.05, 4.69) is 15.5 Å². The standard InChI is InChI=1S/C15H22ClN3O2/c1-11-4-5-12(8-14(11)16)18-15(21)17-9-13(20)10-19-6-2-3-7-19/h4-5,8,13,20H,2-3,6-7,9-10H2,1H3,(H2,17,18,21). The number of nitrogens with one attached hydrogen (secondary N) is 2. The third-order valence-electron chi connectivity index (χ3n) is 3.60. The highest BCUT2D eigenvalue weighted by molar-refractivity contribution is 6.31. The Bertz CT molecular complexity index is 490. The van der Waals surface area contributed by atoms with E-state index < -0.39 is 6.10 Å². The van der Waals surface area contributed by atoms with Crippen molar-refractivity contribution in [1.82, 2.24) is 10.2 Å². The number of nitrogens with zero attached hydrogens (tertiary/aromatic N) is 1. The third-order valence-corrected chi connectivity index (χ3v) is 4.00. The molecule has 1 saturated heterocycles. The van der Waals surface area contributed by atoms with E-state index in [0.29, 0.717) is 17.3 Å². The number of aliphatic hydroxyl groups is 1. The molecule has 2 rings (SSSR count). The molecule has 1 unspecified atom stereocenters. The topological polar surface area (TPSA) is 64.6 Å². The molecule has 0 bridgehead atoms. The third kappa shape index (κ3) is 5.19. The van der Waals surface area contributed by atoms with Gasteiger partial charge in [-0.25, -0.2) is 4.79 Å². The Labute approximate surface area is 130 Å². The summed E-state index contributed by atoms with van der Waals surface area (Å²) in [5.74, 6) is 0. The fraction of sp³-hybridized carbons (Fsp3) is 0.533. The van der Waals surface area contributed by atoms with E-state index in [0.717, 1.165) is 18.7 Å². The van der Waals surface area contributed by atoms with E-state index >= 15 is 0 Å². The number of aryl methyl sites for hydroxylation is 1. The zero-order valence-corrected chi connectivity index (χ0v) is 13.0. The van der Waals surface area contributed by atoms with E-state index in [9.17, 15) is 9.90 Å². The number of hydrogen-bond acceptors (Lipinski definition) is 3. The summed E-state index contributed by atoms with van der Waals surface area (Å²) in [5.41, 5.74) is 1.60. The number of hydrogen-bond donors (Lipinski definition) is 3. The fourth-order valence-corrected chi connectivity index (χ4v) is 2.56. The number of carbonyl (C=O) groups excluding carboxylic acids is 1. The summed E-state index contributed by atoms with van der Waals surface area (Å²) in [6.45, 7) is 4.82. The largest absolute Gasteiger partial charge is 0.390 e. The molecule has 0 saturated carbocycles. The van der Waals surface area contributed by atoms with Crippen LogP contribution in [0.1, 0.15) is 18.4 Å². The summed E-state index contributed by atoms with van der Waals surface area (Å²) in [6.07, 6.45) is 1.83. The number of likely N-dealkylation sites (tertiary alicyclic amines) is 1. The Morgan fingerprint density at radius 3 is 2.81 bits per heavy atom. The van der Waals surface area contributed by atoms with Crippen molar-refractivity contribution in [1.29, 1.82) is 0 Å². The number of amides is 2. The van der Waals surface area contributed by atoms with Crippen LogP contribution in [0.15, 0.2) is 18.2 Å². The molecule has 1 fully saturated rings. The maximum Gasteiger partial charge on any atom is 0.319 e. The van der Waals surface area contributed by atoms with Crippen molar-refractivity contribution in [3.8, 4) is 0 Å². The van der Waals surface area contributed by atoms with E-state index in [1.807, 2.05) is 13.0 Å². The number of β-amino-alcohol motifs (C(OH)–C–C–N with tert-alkyl or cyclic N) is 1. The molecule has 0 spiro atoms. The average Bonchev–Trinajstić information content (AvgIpc) is 2.93. The highest BCUT2D eigenvalue weighted by Crippen LogP contribution is 2.19. The lowest BCUT2D eigenvalue weighted by molar-refractivity contribution is 0.125. The quantitative estimate of drug-likeness (QED) is 0.781. The first-order valence-electron chi connectivity index (χ1n) is 7.26. The molecular formula is C15H22ClN3O2. The van der Waals surface area contributed by atoms with Gasteiger partial charge in [0.05, 0.1) is 6.10 Å². The number of carbonyl (C=O) groups is 1. The van der Waals surface area contributed by atoms with Gasteiger partial charge in [0, 0.05) is 23.8 Å². The Morgan fingerprint density at radius 1 is 1.43 bits per heavy atom. The van der Waals surface area contributed by atoms with Crippen molar-refractivity contribution >= 4 is 23.3 Å². The second-order valence-corrected chi connectivity index (χ2v) is 5.87. The first kappa shape index (κ1) is 16.1. The normalized spacial score (nSPS) is 16.7. The summed E-state index contributed by atoms with van der Waals surface area (Å²) >= 11 is 6.00. The van der Waals surface area contributed by atoms with Crippen LogP contribution < -0.4 is 10.6 Å². The van der Waals surface area contributed by atoms with E-state index in [-0.39, 0.29) is 12.6 Å². The van der Waals surface area contributed by atoms with Crippen LogP contribution in [-0.4, -0.2) is 48.3 Å². The molecule has 1 aromatic rings. The molecule has 1 aromatic carbocycles. The minimum atomic E-state index is -0.546. The molecule has 5 nitrogen and oxygen atoms in total. The summed E-state index contributed by atoms with van der Waals surface area (Å²) in [4.78, 5) is 14.0. The molecular weight excluding hydrogens is 290 g/mol. The number of aliphatic hydroxyl groups excluding tert-OH is 1. The number of halogens is 1. The average molecular weight is 312 g/mol. The monoisotopic (exact) mass is 311 g/mol. The summed E-state index contributed by atoms with van der Waals surface area (Å²) in [5, 5.41) is 15.9. The van der Waals surface area contributed by atoms with Gasteiger partial charge in [0.1, 0.15) is 0 Å². The van der Waals surface area contributed by atoms with Crippen LogP contribution in [0.2, 0.25) is 5.02 Å². The maximum atomic E-state index is 11.8. The van der Waals surface area contributed by atoms with Gasteiger partial charge in [0.2, 0.25) is 0 Å². The highest BCUT2D eigenvalue weighted by Gasteiger charge is 2.16. The first-order valence-corrected chi connectivity index (χ1v) is 7.64. The van der Waals surface area contributed by atoms with Crippen molar-refractivity contribution in [2.45, 2.75) is 25.9 Å². The first-order chi connectivity index (χ1) is 10.0. The molecule has 6 heteroatoms. The molecule has 1 heterocycles.